The Morgan fingerprint density at radius 1 is 1.06 bits per heavy atom. The Morgan fingerprint density at radius 2 is 1.73 bits per heavy atom. The predicted molar refractivity (Wildman–Crippen MR) is 125 cm³/mol. The van der Waals surface area contributed by atoms with Gasteiger partial charge in [-0.25, -0.2) is 4.79 Å². The van der Waals surface area contributed by atoms with Crippen molar-refractivity contribution in [2.24, 2.45) is 0 Å². The highest BCUT2D eigenvalue weighted by Gasteiger charge is 2.45. The molecule has 172 valence electrons. The first-order valence-corrected chi connectivity index (χ1v) is 10.6. The summed E-state index contributed by atoms with van der Waals surface area (Å²) in [5, 5.41) is 2.82. The van der Waals surface area contributed by atoms with E-state index in [1.807, 2.05) is 0 Å². The molecule has 1 N–H and O–H groups in total. The summed E-state index contributed by atoms with van der Waals surface area (Å²) >= 11 is 5.45. The van der Waals surface area contributed by atoms with Crippen molar-refractivity contribution < 1.29 is 28.7 Å². The number of ether oxygens (including phenoxy) is 2. The summed E-state index contributed by atoms with van der Waals surface area (Å²) in [6.45, 7) is 1.71. The number of carbonyl (C=O) groups is 4. The van der Waals surface area contributed by atoms with Crippen LogP contribution >= 0.6 is 12.2 Å². The number of amides is 2. The summed E-state index contributed by atoms with van der Waals surface area (Å²) in [5.74, 6) is -1.91. The van der Waals surface area contributed by atoms with Crippen LogP contribution in [0.15, 0.2) is 54.6 Å². The Hall–Kier alpha value is -3.79. The van der Waals surface area contributed by atoms with Gasteiger partial charge in [-0.05, 0) is 55.5 Å². The van der Waals surface area contributed by atoms with Gasteiger partial charge >= 0.3 is 11.9 Å². The van der Waals surface area contributed by atoms with Gasteiger partial charge in [0.15, 0.2) is 5.11 Å². The van der Waals surface area contributed by atoms with E-state index in [1.165, 1.54) is 29.0 Å². The van der Waals surface area contributed by atoms with Crippen LogP contribution in [-0.2, 0) is 23.9 Å². The predicted octanol–water partition coefficient (Wildman–Crippen LogP) is 2.37. The summed E-state index contributed by atoms with van der Waals surface area (Å²) in [6.07, 6.45) is -0.237. The molecule has 1 heterocycles. The molecule has 0 saturated carbocycles. The Morgan fingerprint density at radius 3 is 2.33 bits per heavy atom. The number of hydrogen-bond acceptors (Lipinski definition) is 7. The largest absolute Gasteiger partial charge is 0.468 e. The lowest BCUT2D eigenvalue weighted by Gasteiger charge is -2.22. The van der Waals surface area contributed by atoms with E-state index in [0.717, 1.165) is 0 Å². The number of para-hydroxylation sites is 1. The highest BCUT2D eigenvalue weighted by Crippen LogP contribution is 2.27. The van der Waals surface area contributed by atoms with Crippen LogP contribution in [0, 0.1) is 0 Å². The van der Waals surface area contributed by atoms with Gasteiger partial charge in [-0.3, -0.25) is 19.3 Å². The van der Waals surface area contributed by atoms with E-state index in [2.05, 4.69) is 5.32 Å². The smallest absolute Gasteiger partial charge is 0.338 e. The Kier molecular flexibility index (Phi) is 7.73. The number of anilines is 2. The van der Waals surface area contributed by atoms with Gasteiger partial charge in [-0.15, -0.1) is 0 Å². The number of thiocarbonyl (C=S) groups is 1. The lowest BCUT2D eigenvalue weighted by atomic mass is 10.1. The Labute approximate surface area is 196 Å². The van der Waals surface area contributed by atoms with Crippen LogP contribution < -0.4 is 10.2 Å². The SMILES string of the molecule is CCOC(=O)c1ccc(NC(=O)C[C@@H]2C(=O)N(c3ccccc3)C(=S)N2CC(=O)OC)cc1. The Balaban J connectivity index is 1.75. The van der Waals surface area contributed by atoms with Gasteiger partial charge in [-0.2, -0.15) is 0 Å². The van der Waals surface area contributed by atoms with Gasteiger partial charge in [0.05, 0.1) is 31.4 Å². The molecule has 0 aromatic heterocycles. The fourth-order valence-corrected chi connectivity index (χ4v) is 3.71. The second-order valence-electron chi connectivity index (χ2n) is 7.06. The zero-order valence-corrected chi connectivity index (χ0v) is 19.0. The monoisotopic (exact) mass is 469 g/mol. The molecule has 1 atom stereocenters. The minimum atomic E-state index is -0.976. The fourth-order valence-electron chi connectivity index (χ4n) is 3.32. The van der Waals surface area contributed by atoms with Gasteiger partial charge in [0.2, 0.25) is 5.91 Å². The van der Waals surface area contributed by atoms with Crippen LogP contribution in [0.25, 0.3) is 0 Å². The molecule has 1 aliphatic rings. The number of hydrogen-bond donors (Lipinski definition) is 1. The molecule has 10 heteroatoms. The quantitative estimate of drug-likeness (QED) is 0.464. The first-order chi connectivity index (χ1) is 15.8. The molecule has 9 nitrogen and oxygen atoms in total. The van der Waals surface area contributed by atoms with Gasteiger partial charge < -0.3 is 19.7 Å². The number of rotatable bonds is 8. The van der Waals surface area contributed by atoms with Crippen molar-refractivity contribution in [1.82, 2.24) is 4.90 Å². The maximum absolute atomic E-state index is 13.2. The van der Waals surface area contributed by atoms with Crippen molar-refractivity contribution in [3.63, 3.8) is 0 Å². The first-order valence-electron chi connectivity index (χ1n) is 10.2. The van der Waals surface area contributed by atoms with Crippen molar-refractivity contribution in [3.05, 3.63) is 60.2 Å². The molecule has 2 amide bonds. The van der Waals surface area contributed by atoms with E-state index in [9.17, 15) is 19.2 Å². The average Bonchev–Trinajstić information content (AvgIpc) is 3.03. The van der Waals surface area contributed by atoms with Crippen LogP contribution in [0.5, 0.6) is 0 Å². The number of benzene rings is 2. The molecule has 2 aromatic rings. The summed E-state index contributed by atoms with van der Waals surface area (Å²) in [5.41, 5.74) is 1.34. The summed E-state index contributed by atoms with van der Waals surface area (Å²) < 4.78 is 9.66. The van der Waals surface area contributed by atoms with Crippen LogP contribution in [-0.4, -0.2) is 60.1 Å². The molecule has 3 rings (SSSR count). The molecule has 1 saturated heterocycles. The number of methoxy groups -OCH3 is 1. The molecule has 1 aliphatic heterocycles. The second-order valence-corrected chi connectivity index (χ2v) is 7.43. The van der Waals surface area contributed by atoms with E-state index >= 15 is 0 Å². The molecule has 0 aliphatic carbocycles. The van der Waals surface area contributed by atoms with E-state index in [-0.39, 0.29) is 24.7 Å². The molecule has 0 bridgehead atoms. The number of esters is 2. The van der Waals surface area contributed by atoms with Crippen LogP contribution in [0.4, 0.5) is 11.4 Å². The Bertz CT molecular complexity index is 1060. The average molecular weight is 470 g/mol. The van der Waals surface area contributed by atoms with E-state index in [4.69, 9.17) is 21.7 Å². The molecule has 0 unspecified atom stereocenters. The van der Waals surface area contributed by atoms with E-state index in [0.29, 0.717) is 16.9 Å². The highest BCUT2D eigenvalue weighted by atomic mass is 32.1. The molecule has 1 fully saturated rings. The number of nitrogens with zero attached hydrogens (tertiary/aromatic N) is 2. The normalized spacial score (nSPS) is 15.4. The van der Waals surface area contributed by atoms with Crippen molar-refractivity contribution in [2.45, 2.75) is 19.4 Å². The number of carbonyl (C=O) groups excluding carboxylic acids is 4. The standard InChI is InChI=1S/C23H23N3O6S/c1-3-32-22(30)15-9-11-16(12-10-15)24-19(27)13-18-21(29)26(17-7-5-4-6-8-17)23(33)25(18)14-20(28)31-2/h4-12,18H,3,13-14H2,1-2H3,(H,24,27)/t18-/m1/s1. The maximum Gasteiger partial charge on any atom is 0.338 e. The molecule has 2 aromatic carbocycles. The maximum atomic E-state index is 13.2. The fraction of sp³-hybridized carbons (Fsp3) is 0.261. The summed E-state index contributed by atoms with van der Waals surface area (Å²) in [4.78, 5) is 52.3. The zero-order chi connectivity index (χ0) is 24.0. The minimum absolute atomic E-state index is 0.119. The lowest BCUT2D eigenvalue weighted by molar-refractivity contribution is -0.141. The molecule has 0 radical (unpaired) electrons. The summed E-state index contributed by atoms with van der Waals surface area (Å²) in [7, 11) is 1.24. The van der Waals surface area contributed by atoms with E-state index in [1.54, 1.807) is 49.4 Å². The van der Waals surface area contributed by atoms with Crippen molar-refractivity contribution in [3.8, 4) is 0 Å². The second kappa shape index (κ2) is 10.7. The summed E-state index contributed by atoms with van der Waals surface area (Å²) in [6, 6.07) is 14.0. The third kappa shape index (κ3) is 5.53. The highest BCUT2D eigenvalue weighted by molar-refractivity contribution is 7.80. The van der Waals surface area contributed by atoms with Crippen molar-refractivity contribution >= 4 is 52.5 Å². The molecule has 33 heavy (non-hydrogen) atoms. The van der Waals surface area contributed by atoms with Crippen molar-refractivity contribution in [2.75, 3.05) is 30.5 Å². The van der Waals surface area contributed by atoms with E-state index < -0.39 is 29.8 Å². The van der Waals surface area contributed by atoms with Gasteiger partial charge in [0.25, 0.3) is 5.91 Å². The van der Waals surface area contributed by atoms with Gasteiger partial charge in [0.1, 0.15) is 12.6 Å². The van der Waals surface area contributed by atoms with Gasteiger partial charge in [0, 0.05) is 5.69 Å². The van der Waals surface area contributed by atoms with Gasteiger partial charge in [-0.1, -0.05) is 18.2 Å². The van der Waals surface area contributed by atoms with Crippen LogP contribution in [0.3, 0.4) is 0 Å². The van der Waals surface area contributed by atoms with Crippen molar-refractivity contribution in [1.29, 1.82) is 0 Å². The molecular formula is C23H23N3O6S. The number of nitrogens with one attached hydrogen (secondary N) is 1. The third-order valence-corrected chi connectivity index (χ3v) is 5.34. The zero-order valence-electron chi connectivity index (χ0n) is 18.1. The lowest BCUT2D eigenvalue weighted by Crippen LogP contribution is -2.41. The van der Waals surface area contributed by atoms with Crippen LogP contribution in [0.1, 0.15) is 23.7 Å². The van der Waals surface area contributed by atoms with Crippen LogP contribution in [0.2, 0.25) is 0 Å². The molecular weight excluding hydrogens is 446 g/mol. The molecule has 0 spiro atoms. The third-order valence-electron chi connectivity index (χ3n) is 4.92. The first kappa shape index (κ1) is 23.9. The minimum Gasteiger partial charge on any atom is -0.468 e. The topological polar surface area (TPSA) is 105 Å².